The first kappa shape index (κ1) is 11.8. The molecule has 1 atom stereocenters. The van der Waals surface area contributed by atoms with Gasteiger partial charge in [0.2, 0.25) is 0 Å². The summed E-state index contributed by atoms with van der Waals surface area (Å²) >= 11 is 0. The molecule has 1 aromatic carbocycles. The fourth-order valence-corrected chi connectivity index (χ4v) is 1.31. The standard InChI is InChI=1S/C11H16O4/c1-14-9-5-8(11(13)3-4-12)6-10(7-9)15-2/h5-7,11-13H,3-4H2,1-2H3. The molecule has 0 heterocycles. The minimum Gasteiger partial charge on any atom is -0.497 e. The van der Waals surface area contributed by atoms with Crippen LogP contribution >= 0.6 is 0 Å². The number of rotatable bonds is 5. The molecule has 2 N–H and O–H groups in total. The topological polar surface area (TPSA) is 58.9 Å². The fourth-order valence-electron chi connectivity index (χ4n) is 1.31. The number of methoxy groups -OCH3 is 2. The van der Waals surface area contributed by atoms with E-state index < -0.39 is 6.10 Å². The summed E-state index contributed by atoms with van der Waals surface area (Å²) < 4.78 is 10.1. The van der Waals surface area contributed by atoms with E-state index in [9.17, 15) is 5.11 Å². The number of hydrogen-bond acceptors (Lipinski definition) is 4. The Morgan fingerprint density at radius 1 is 1.13 bits per heavy atom. The second-order valence-electron chi connectivity index (χ2n) is 3.17. The van der Waals surface area contributed by atoms with E-state index >= 15 is 0 Å². The third-order valence-corrected chi connectivity index (χ3v) is 2.16. The van der Waals surface area contributed by atoms with Crippen molar-refractivity contribution in [2.75, 3.05) is 20.8 Å². The first-order valence-electron chi connectivity index (χ1n) is 4.73. The monoisotopic (exact) mass is 212 g/mol. The lowest BCUT2D eigenvalue weighted by Gasteiger charge is -2.12. The highest BCUT2D eigenvalue weighted by Crippen LogP contribution is 2.27. The van der Waals surface area contributed by atoms with Gasteiger partial charge in [0.15, 0.2) is 0 Å². The Morgan fingerprint density at radius 3 is 2.07 bits per heavy atom. The Balaban J connectivity index is 2.95. The van der Waals surface area contributed by atoms with Crippen LogP contribution < -0.4 is 9.47 Å². The predicted octanol–water partition coefficient (Wildman–Crippen LogP) is 1.12. The summed E-state index contributed by atoms with van der Waals surface area (Å²) in [7, 11) is 3.11. The Hall–Kier alpha value is -1.26. The van der Waals surface area contributed by atoms with Crippen LogP contribution in [0.15, 0.2) is 18.2 Å². The summed E-state index contributed by atoms with van der Waals surface area (Å²) in [6.07, 6.45) is -0.393. The average molecular weight is 212 g/mol. The molecule has 0 aromatic heterocycles. The smallest absolute Gasteiger partial charge is 0.122 e. The SMILES string of the molecule is COc1cc(OC)cc(C(O)CCO)c1. The Kier molecular flexibility index (Phi) is 4.39. The van der Waals surface area contributed by atoms with Crippen molar-refractivity contribution < 1.29 is 19.7 Å². The van der Waals surface area contributed by atoms with Crippen molar-refractivity contribution in [3.63, 3.8) is 0 Å². The van der Waals surface area contributed by atoms with Crippen molar-refractivity contribution >= 4 is 0 Å². The minimum absolute atomic E-state index is 0.0549. The maximum atomic E-state index is 9.69. The Bertz CT molecular complexity index is 289. The lowest BCUT2D eigenvalue weighted by atomic mass is 10.1. The van der Waals surface area contributed by atoms with Crippen LogP contribution in [0.5, 0.6) is 11.5 Å². The second-order valence-corrected chi connectivity index (χ2v) is 3.17. The van der Waals surface area contributed by atoms with Crippen molar-refractivity contribution in [3.8, 4) is 11.5 Å². The molecule has 0 bridgehead atoms. The molecule has 0 saturated heterocycles. The molecular weight excluding hydrogens is 196 g/mol. The van der Waals surface area contributed by atoms with Gasteiger partial charge in [0.25, 0.3) is 0 Å². The molecule has 1 aromatic rings. The van der Waals surface area contributed by atoms with Gasteiger partial charge in [0.1, 0.15) is 11.5 Å². The van der Waals surface area contributed by atoms with Gasteiger partial charge >= 0.3 is 0 Å². The Morgan fingerprint density at radius 2 is 1.67 bits per heavy atom. The first-order valence-corrected chi connectivity index (χ1v) is 4.73. The fraction of sp³-hybridized carbons (Fsp3) is 0.455. The van der Waals surface area contributed by atoms with E-state index in [0.717, 1.165) is 0 Å². The van der Waals surface area contributed by atoms with Gasteiger partial charge in [-0.15, -0.1) is 0 Å². The van der Waals surface area contributed by atoms with Crippen LogP contribution in [0, 0.1) is 0 Å². The van der Waals surface area contributed by atoms with E-state index in [2.05, 4.69) is 0 Å². The minimum atomic E-state index is -0.695. The molecule has 4 heteroatoms. The molecule has 0 radical (unpaired) electrons. The molecule has 0 amide bonds. The van der Waals surface area contributed by atoms with Gasteiger partial charge in [-0.25, -0.2) is 0 Å². The highest BCUT2D eigenvalue weighted by atomic mass is 16.5. The maximum absolute atomic E-state index is 9.69. The third kappa shape index (κ3) is 3.11. The van der Waals surface area contributed by atoms with Gasteiger partial charge < -0.3 is 19.7 Å². The lowest BCUT2D eigenvalue weighted by Crippen LogP contribution is -2.01. The van der Waals surface area contributed by atoms with E-state index in [0.29, 0.717) is 23.5 Å². The van der Waals surface area contributed by atoms with Crippen molar-refractivity contribution in [2.24, 2.45) is 0 Å². The van der Waals surface area contributed by atoms with E-state index in [1.165, 1.54) is 0 Å². The zero-order valence-electron chi connectivity index (χ0n) is 8.93. The highest BCUT2D eigenvalue weighted by Gasteiger charge is 2.10. The zero-order chi connectivity index (χ0) is 11.3. The van der Waals surface area contributed by atoms with Gasteiger partial charge in [-0.2, -0.15) is 0 Å². The number of hydrogen-bond donors (Lipinski definition) is 2. The van der Waals surface area contributed by atoms with Crippen molar-refractivity contribution in [1.29, 1.82) is 0 Å². The van der Waals surface area contributed by atoms with Crippen LogP contribution in [0.2, 0.25) is 0 Å². The Labute approximate surface area is 89.1 Å². The number of aliphatic hydroxyl groups excluding tert-OH is 2. The molecule has 0 fully saturated rings. The highest BCUT2D eigenvalue weighted by molar-refractivity contribution is 5.39. The van der Waals surface area contributed by atoms with E-state index in [1.807, 2.05) is 0 Å². The lowest BCUT2D eigenvalue weighted by molar-refractivity contribution is 0.134. The van der Waals surface area contributed by atoms with Gasteiger partial charge in [-0.05, 0) is 17.7 Å². The average Bonchev–Trinajstić information content (AvgIpc) is 2.28. The van der Waals surface area contributed by atoms with E-state index in [4.69, 9.17) is 14.6 Å². The molecule has 0 saturated carbocycles. The van der Waals surface area contributed by atoms with Crippen LogP contribution in [-0.4, -0.2) is 31.0 Å². The largest absolute Gasteiger partial charge is 0.497 e. The summed E-state index contributed by atoms with van der Waals surface area (Å²) in [5.41, 5.74) is 0.681. The van der Waals surface area contributed by atoms with Crippen molar-refractivity contribution in [3.05, 3.63) is 23.8 Å². The van der Waals surface area contributed by atoms with Crippen molar-refractivity contribution in [2.45, 2.75) is 12.5 Å². The summed E-state index contributed by atoms with van der Waals surface area (Å²) in [5.74, 6) is 1.25. The van der Waals surface area contributed by atoms with Gasteiger partial charge in [0, 0.05) is 19.1 Å². The summed E-state index contributed by atoms with van der Waals surface area (Å²) in [6, 6.07) is 5.18. The van der Waals surface area contributed by atoms with Gasteiger partial charge in [0.05, 0.1) is 20.3 Å². The number of benzene rings is 1. The van der Waals surface area contributed by atoms with Gasteiger partial charge in [-0.1, -0.05) is 0 Å². The quantitative estimate of drug-likeness (QED) is 0.768. The molecule has 0 aliphatic heterocycles. The third-order valence-electron chi connectivity index (χ3n) is 2.16. The van der Waals surface area contributed by atoms with Crippen LogP contribution in [-0.2, 0) is 0 Å². The number of ether oxygens (including phenoxy) is 2. The van der Waals surface area contributed by atoms with E-state index in [1.54, 1.807) is 32.4 Å². The first-order chi connectivity index (χ1) is 7.21. The molecule has 0 aliphatic carbocycles. The summed E-state index contributed by atoms with van der Waals surface area (Å²) in [5, 5.41) is 18.4. The summed E-state index contributed by atoms with van der Waals surface area (Å²) in [6.45, 7) is -0.0549. The van der Waals surface area contributed by atoms with Crippen LogP contribution in [0.3, 0.4) is 0 Å². The van der Waals surface area contributed by atoms with Crippen LogP contribution in [0.25, 0.3) is 0 Å². The van der Waals surface area contributed by atoms with Crippen LogP contribution in [0.4, 0.5) is 0 Å². The predicted molar refractivity (Wildman–Crippen MR) is 56.2 cm³/mol. The van der Waals surface area contributed by atoms with Gasteiger partial charge in [-0.3, -0.25) is 0 Å². The maximum Gasteiger partial charge on any atom is 0.122 e. The molecule has 0 aliphatic rings. The van der Waals surface area contributed by atoms with E-state index in [-0.39, 0.29) is 6.61 Å². The normalized spacial score (nSPS) is 12.3. The molecular formula is C11H16O4. The zero-order valence-corrected chi connectivity index (χ0v) is 8.93. The molecule has 1 rings (SSSR count). The summed E-state index contributed by atoms with van der Waals surface area (Å²) in [4.78, 5) is 0. The molecule has 84 valence electrons. The molecule has 4 nitrogen and oxygen atoms in total. The van der Waals surface area contributed by atoms with Crippen molar-refractivity contribution in [1.82, 2.24) is 0 Å². The molecule has 1 unspecified atom stereocenters. The molecule has 0 spiro atoms. The second kappa shape index (κ2) is 5.58. The van der Waals surface area contributed by atoms with Crippen LogP contribution in [0.1, 0.15) is 18.1 Å². The number of aliphatic hydroxyl groups is 2. The molecule has 15 heavy (non-hydrogen) atoms.